The highest BCUT2D eigenvalue weighted by atomic mass is 35.5. The first-order valence-electron chi connectivity index (χ1n) is 6.63. The van der Waals surface area contributed by atoms with E-state index in [2.05, 4.69) is 4.98 Å². The minimum Gasteiger partial charge on any atom is -0.459 e. The second-order valence-electron chi connectivity index (χ2n) is 5.14. The first-order chi connectivity index (χ1) is 9.54. The van der Waals surface area contributed by atoms with Gasteiger partial charge in [0.15, 0.2) is 10.8 Å². The zero-order valence-corrected chi connectivity index (χ0v) is 14.8. The molecule has 3 rings (SSSR count). The number of aromatic nitrogens is 1. The van der Waals surface area contributed by atoms with E-state index in [4.69, 9.17) is 10.2 Å². The van der Waals surface area contributed by atoms with Crippen molar-refractivity contribution in [2.75, 3.05) is 13.1 Å². The number of carbonyl (C=O) groups excluding carboxylic acids is 1. The summed E-state index contributed by atoms with van der Waals surface area (Å²) in [6.07, 6.45) is 0.869. The summed E-state index contributed by atoms with van der Waals surface area (Å²) in [6.45, 7) is 5.11. The van der Waals surface area contributed by atoms with E-state index in [0.29, 0.717) is 17.2 Å². The minimum atomic E-state index is 0. The molecule has 22 heavy (non-hydrogen) atoms. The number of nitrogens with two attached hydrogens (primary N) is 1. The first-order valence-corrected chi connectivity index (χ1v) is 7.45. The van der Waals surface area contributed by atoms with Crippen LogP contribution in [0.25, 0.3) is 10.8 Å². The number of likely N-dealkylation sites (tertiary alicyclic amines) is 1. The Hall–Kier alpha value is -1.08. The number of halogens is 2. The average molecular weight is 364 g/mol. The average Bonchev–Trinajstić information content (AvgIpc) is 3.09. The molecule has 5 nitrogen and oxygen atoms in total. The number of thiazole rings is 1. The molecular formula is C14H19Cl2N3O2S. The highest BCUT2D eigenvalue weighted by molar-refractivity contribution is 7.17. The third kappa shape index (κ3) is 3.63. The van der Waals surface area contributed by atoms with E-state index >= 15 is 0 Å². The van der Waals surface area contributed by atoms with Gasteiger partial charge in [0.1, 0.15) is 10.6 Å². The van der Waals surface area contributed by atoms with Gasteiger partial charge in [0, 0.05) is 19.1 Å². The number of furan rings is 1. The number of carbonyl (C=O) groups is 1. The van der Waals surface area contributed by atoms with Crippen LogP contribution in [0.3, 0.4) is 0 Å². The summed E-state index contributed by atoms with van der Waals surface area (Å²) in [4.78, 5) is 19.4. The number of nitrogens with zero attached hydrogens (tertiary/aromatic N) is 2. The van der Waals surface area contributed by atoms with Gasteiger partial charge in [0.05, 0.1) is 5.69 Å². The van der Waals surface area contributed by atoms with Crippen LogP contribution in [-0.2, 0) is 0 Å². The lowest BCUT2D eigenvalue weighted by Gasteiger charge is -2.14. The monoisotopic (exact) mass is 363 g/mol. The van der Waals surface area contributed by atoms with Crippen molar-refractivity contribution >= 4 is 42.1 Å². The van der Waals surface area contributed by atoms with Crippen molar-refractivity contribution < 1.29 is 9.21 Å². The van der Waals surface area contributed by atoms with Crippen LogP contribution in [0.4, 0.5) is 0 Å². The van der Waals surface area contributed by atoms with Crippen molar-refractivity contribution in [2.45, 2.75) is 26.3 Å². The molecule has 0 unspecified atom stereocenters. The van der Waals surface area contributed by atoms with E-state index in [1.807, 2.05) is 30.9 Å². The summed E-state index contributed by atoms with van der Waals surface area (Å²) in [5.74, 6) is 1.58. The molecule has 0 bridgehead atoms. The zero-order valence-electron chi connectivity index (χ0n) is 12.4. The predicted molar refractivity (Wildman–Crippen MR) is 92.3 cm³/mol. The Kier molecular flexibility index (Phi) is 6.43. The number of rotatable bonds is 2. The van der Waals surface area contributed by atoms with Gasteiger partial charge < -0.3 is 15.1 Å². The quantitative estimate of drug-likeness (QED) is 0.889. The smallest absolute Gasteiger partial charge is 0.265 e. The number of hydrogen-bond acceptors (Lipinski definition) is 5. The molecule has 2 aromatic heterocycles. The maximum Gasteiger partial charge on any atom is 0.265 e. The van der Waals surface area contributed by atoms with E-state index in [1.54, 1.807) is 0 Å². The van der Waals surface area contributed by atoms with E-state index in [-0.39, 0.29) is 36.8 Å². The zero-order chi connectivity index (χ0) is 14.3. The molecule has 1 amide bonds. The summed E-state index contributed by atoms with van der Waals surface area (Å²) in [7, 11) is 0. The highest BCUT2D eigenvalue weighted by Crippen LogP contribution is 2.30. The SMILES string of the molecule is Cc1ccc(-c2nc(C)c(C(=O)N3CC[C@@H](N)C3)s2)o1.Cl.Cl. The van der Waals surface area contributed by atoms with Gasteiger partial charge in [-0.05, 0) is 32.4 Å². The van der Waals surface area contributed by atoms with Gasteiger partial charge in [-0.15, -0.1) is 36.2 Å². The van der Waals surface area contributed by atoms with Crippen LogP contribution in [0, 0.1) is 13.8 Å². The Morgan fingerprint density at radius 3 is 2.68 bits per heavy atom. The molecule has 1 aliphatic heterocycles. The fourth-order valence-electron chi connectivity index (χ4n) is 2.37. The second kappa shape index (κ2) is 7.46. The third-order valence-corrected chi connectivity index (χ3v) is 4.61. The summed E-state index contributed by atoms with van der Waals surface area (Å²) in [6, 6.07) is 3.88. The van der Waals surface area contributed by atoms with E-state index in [0.717, 1.165) is 29.4 Å². The van der Waals surface area contributed by atoms with Crippen molar-refractivity contribution in [3.8, 4) is 10.8 Å². The van der Waals surface area contributed by atoms with Crippen LogP contribution in [0.1, 0.15) is 27.5 Å². The maximum atomic E-state index is 12.5. The topological polar surface area (TPSA) is 72.4 Å². The molecule has 1 saturated heterocycles. The van der Waals surface area contributed by atoms with Gasteiger partial charge in [-0.1, -0.05) is 0 Å². The normalized spacial score (nSPS) is 17.0. The molecule has 3 heterocycles. The molecule has 0 saturated carbocycles. The fraction of sp³-hybridized carbons (Fsp3) is 0.429. The molecule has 0 aliphatic carbocycles. The Balaban J connectivity index is 0.00000121. The molecule has 1 atom stereocenters. The number of hydrogen-bond donors (Lipinski definition) is 1. The highest BCUT2D eigenvalue weighted by Gasteiger charge is 2.27. The van der Waals surface area contributed by atoms with Gasteiger partial charge in [-0.2, -0.15) is 0 Å². The standard InChI is InChI=1S/C14H17N3O2S.2ClH/c1-8-3-4-11(19-8)13-16-9(2)12(20-13)14(18)17-6-5-10(15)7-17;;/h3-4,10H,5-7,15H2,1-2H3;2*1H/t10-;;/m1../s1. The van der Waals surface area contributed by atoms with E-state index in [1.165, 1.54) is 11.3 Å². The van der Waals surface area contributed by atoms with Gasteiger partial charge in [0.2, 0.25) is 0 Å². The Labute approximate surface area is 145 Å². The molecule has 2 N–H and O–H groups in total. The molecule has 0 radical (unpaired) electrons. The van der Waals surface area contributed by atoms with Crippen LogP contribution in [-0.4, -0.2) is 34.9 Å². The molecule has 1 fully saturated rings. The lowest BCUT2D eigenvalue weighted by Crippen LogP contribution is -2.31. The van der Waals surface area contributed by atoms with Crippen molar-refractivity contribution in [1.29, 1.82) is 0 Å². The van der Waals surface area contributed by atoms with Crippen molar-refractivity contribution in [3.63, 3.8) is 0 Å². The Morgan fingerprint density at radius 2 is 2.14 bits per heavy atom. The minimum absolute atomic E-state index is 0. The van der Waals surface area contributed by atoms with E-state index < -0.39 is 0 Å². The molecule has 2 aromatic rings. The number of amides is 1. The van der Waals surface area contributed by atoms with Crippen molar-refractivity contribution in [2.24, 2.45) is 5.73 Å². The lowest BCUT2D eigenvalue weighted by atomic mass is 10.3. The van der Waals surface area contributed by atoms with Gasteiger partial charge in [0.25, 0.3) is 5.91 Å². The lowest BCUT2D eigenvalue weighted by molar-refractivity contribution is 0.0794. The van der Waals surface area contributed by atoms with Crippen LogP contribution < -0.4 is 5.73 Å². The van der Waals surface area contributed by atoms with Gasteiger partial charge >= 0.3 is 0 Å². The second-order valence-corrected chi connectivity index (χ2v) is 6.14. The van der Waals surface area contributed by atoms with E-state index in [9.17, 15) is 4.79 Å². The molecule has 8 heteroatoms. The van der Waals surface area contributed by atoms with Crippen LogP contribution >= 0.6 is 36.2 Å². The summed E-state index contributed by atoms with van der Waals surface area (Å²) >= 11 is 1.39. The molecule has 1 aliphatic rings. The number of aryl methyl sites for hydroxylation is 2. The van der Waals surface area contributed by atoms with Crippen LogP contribution in [0.2, 0.25) is 0 Å². The molecular weight excluding hydrogens is 345 g/mol. The van der Waals surface area contributed by atoms with Gasteiger partial charge in [-0.3, -0.25) is 4.79 Å². The molecule has 122 valence electrons. The predicted octanol–water partition coefficient (Wildman–Crippen LogP) is 3.04. The summed E-state index contributed by atoms with van der Waals surface area (Å²) in [5.41, 5.74) is 6.61. The Bertz CT molecular complexity index is 656. The maximum absolute atomic E-state index is 12.5. The third-order valence-electron chi connectivity index (χ3n) is 3.45. The molecule has 0 aromatic carbocycles. The fourth-order valence-corrected chi connectivity index (χ4v) is 3.36. The van der Waals surface area contributed by atoms with Gasteiger partial charge in [-0.25, -0.2) is 4.98 Å². The largest absolute Gasteiger partial charge is 0.459 e. The summed E-state index contributed by atoms with van der Waals surface area (Å²) in [5, 5.41) is 0.752. The summed E-state index contributed by atoms with van der Waals surface area (Å²) < 4.78 is 5.56. The first kappa shape index (κ1) is 19.0. The van der Waals surface area contributed by atoms with Crippen LogP contribution in [0.5, 0.6) is 0 Å². The van der Waals surface area contributed by atoms with Crippen molar-refractivity contribution in [1.82, 2.24) is 9.88 Å². The van der Waals surface area contributed by atoms with Crippen molar-refractivity contribution in [3.05, 3.63) is 28.5 Å². The Morgan fingerprint density at radius 1 is 1.41 bits per heavy atom. The molecule has 0 spiro atoms. The van der Waals surface area contributed by atoms with Crippen LogP contribution in [0.15, 0.2) is 16.5 Å².